The predicted octanol–water partition coefficient (Wildman–Crippen LogP) is 5.96. The predicted molar refractivity (Wildman–Crippen MR) is 144 cm³/mol. The highest BCUT2D eigenvalue weighted by Crippen LogP contribution is 2.34. The minimum absolute atomic E-state index is 0.0610. The smallest absolute Gasteiger partial charge is 0.296 e. The molecule has 39 heavy (non-hydrogen) atoms. The van der Waals surface area contributed by atoms with Gasteiger partial charge in [-0.1, -0.05) is 29.8 Å². The van der Waals surface area contributed by atoms with Crippen molar-refractivity contribution in [1.29, 1.82) is 0 Å². The maximum absolute atomic E-state index is 14.8. The summed E-state index contributed by atoms with van der Waals surface area (Å²) in [6, 6.07) is 12.5. The normalized spacial score (nSPS) is 11.4. The molecule has 0 radical (unpaired) electrons. The van der Waals surface area contributed by atoms with Gasteiger partial charge < -0.3 is 15.2 Å². The summed E-state index contributed by atoms with van der Waals surface area (Å²) in [6.07, 6.45) is 3.29. The van der Waals surface area contributed by atoms with Crippen molar-refractivity contribution >= 4 is 23.3 Å². The minimum Gasteiger partial charge on any atom is -0.494 e. The second-order valence-electron chi connectivity index (χ2n) is 9.64. The van der Waals surface area contributed by atoms with E-state index in [4.69, 9.17) is 16.3 Å². The Bertz CT molecular complexity index is 1460. The number of carbonyl (C=O) groups is 1. The van der Waals surface area contributed by atoms with Crippen LogP contribution in [0, 0.1) is 11.6 Å². The number of hydrogen-bond donors (Lipinski definition) is 3. The summed E-state index contributed by atoms with van der Waals surface area (Å²) in [6.45, 7) is 3.94. The van der Waals surface area contributed by atoms with E-state index < -0.39 is 17.3 Å². The van der Waals surface area contributed by atoms with Crippen LogP contribution in [-0.4, -0.2) is 43.4 Å². The maximum Gasteiger partial charge on any atom is 0.296 e. The summed E-state index contributed by atoms with van der Waals surface area (Å²) in [5, 5.41) is 19.2. The molecule has 0 bridgehead atoms. The van der Waals surface area contributed by atoms with Gasteiger partial charge in [-0.25, -0.2) is 18.7 Å². The molecule has 4 aromatic rings. The number of aliphatic hydroxyl groups is 1. The Balaban J connectivity index is 1.44. The van der Waals surface area contributed by atoms with E-state index in [1.54, 1.807) is 50.2 Å². The molecular formula is C28H28ClF2N5O3. The first-order chi connectivity index (χ1) is 18.6. The number of ether oxygens (including phenoxy) is 1. The van der Waals surface area contributed by atoms with E-state index in [1.165, 1.54) is 12.1 Å². The number of aromatic amines is 1. The molecular weight excluding hydrogens is 528 g/mol. The zero-order valence-electron chi connectivity index (χ0n) is 21.5. The van der Waals surface area contributed by atoms with Crippen LogP contribution in [-0.2, 0) is 6.42 Å². The van der Waals surface area contributed by atoms with E-state index in [2.05, 4.69) is 25.5 Å². The van der Waals surface area contributed by atoms with Crippen LogP contribution in [0.4, 0.5) is 14.6 Å². The highest BCUT2D eigenvalue weighted by atomic mass is 35.5. The van der Waals surface area contributed by atoms with Gasteiger partial charge in [0.25, 0.3) is 5.91 Å². The molecule has 2 aromatic heterocycles. The maximum atomic E-state index is 14.8. The number of anilines is 1. The summed E-state index contributed by atoms with van der Waals surface area (Å²) < 4.78 is 34.5. The fourth-order valence-corrected chi connectivity index (χ4v) is 4.05. The SMILES string of the molecule is CC(C)(O)CCCCOc1ccc(Cl)c(-c2cc(NC(=O)c3n[nH]c(Cc4ccccc4F)n3)ncc2F)c1. The largest absolute Gasteiger partial charge is 0.494 e. The molecule has 0 unspecified atom stereocenters. The van der Waals surface area contributed by atoms with Gasteiger partial charge in [-0.2, -0.15) is 0 Å². The summed E-state index contributed by atoms with van der Waals surface area (Å²) in [5.74, 6) is -1.00. The Morgan fingerprint density at radius 3 is 2.67 bits per heavy atom. The third-order valence-electron chi connectivity index (χ3n) is 5.83. The second kappa shape index (κ2) is 12.3. The number of H-pyrrole nitrogens is 1. The highest BCUT2D eigenvalue weighted by molar-refractivity contribution is 6.33. The molecule has 0 aliphatic heterocycles. The zero-order valence-corrected chi connectivity index (χ0v) is 22.2. The van der Waals surface area contributed by atoms with Crippen LogP contribution in [0.2, 0.25) is 5.02 Å². The third-order valence-corrected chi connectivity index (χ3v) is 6.16. The molecule has 0 spiro atoms. The summed E-state index contributed by atoms with van der Waals surface area (Å²) >= 11 is 6.36. The molecule has 0 saturated heterocycles. The average Bonchev–Trinajstić information content (AvgIpc) is 3.35. The van der Waals surface area contributed by atoms with Crippen LogP contribution in [0.15, 0.2) is 54.7 Å². The van der Waals surface area contributed by atoms with Crippen molar-refractivity contribution in [2.24, 2.45) is 0 Å². The number of carbonyl (C=O) groups excluding carboxylic acids is 1. The van der Waals surface area contributed by atoms with Crippen molar-refractivity contribution in [3.05, 3.63) is 88.6 Å². The van der Waals surface area contributed by atoms with Gasteiger partial charge in [-0.3, -0.25) is 9.89 Å². The zero-order chi connectivity index (χ0) is 28.0. The van der Waals surface area contributed by atoms with Gasteiger partial charge in [-0.05, 0) is 69.0 Å². The average molecular weight is 556 g/mol. The van der Waals surface area contributed by atoms with Crippen molar-refractivity contribution in [2.75, 3.05) is 11.9 Å². The topological polar surface area (TPSA) is 113 Å². The van der Waals surface area contributed by atoms with Crippen molar-refractivity contribution in [3.8, 4) is 16.9 Å². The Hall–Kier alpha value is -3.89. The van der Waals surface area contributed by atoms with Gasteiger partial charge in [0.2, 0.25) is 5.82 Å². The van der Waals surface area contributed by atoms with Crippen molar-refractivity contribution in [2.45, 2.75) is 45.1 Å². The number of unbranched alkanes of at least 4 members (excludes halogenated alkanes) is 1. The van der Waals surface area contributed by atoms with Gasteiger partial charge in [-0.15, -0.1) is 5.10 Å². The molecule has 204 valence electrons. The lowest BCUT2D eigenvalue weighted by Gasteiger charge is -2.16. The molecule has 4 rings (SSSR count). The molecule has 2 heterocycles. The fourth-order valence-electron chi connectivity index (χ4n) is 3.83. The lowest BCUT2D eigenvalue weighted by molar-refractivity contribution is 0.0670. The van der Waals surface area contributed by atoms with Gasteiger partial charge in [0.1, 0.15) is 29.0 Å². The standard InChI is InChI=1S/C28H28ClF2N5O3/c1-28(2,38)11-5-6-12-39-18-9-10-21(29)19(14-18)20-15-24(32-16-23(20)31)34-27(37)26-33-25(35-36-26)13-17-7-3-4-8-22(17)30/h3-4,7-10,14-16,38H,5-6,11-13H2,1-2H3,(H,32,34,37)(H,33,35,36). The molecule has 0 fully saturated rings. The van der Waals surface area contributed by atoms with Gasteiger partial charge in [0.05, 0.1) is 18.4 Å². The third kappa shape index (κ3) is 7.81. The lowest BCUT2D eigenvalue weighted by Crippen LogP contribution is -2.18. The molecule has 11 heteroatoms. The molecule has 0 saturated carbocycles. The molecule has 0 aliphatic carbocycles. The number of halogens is 3. The van der Waals surface area contributed by atoms with Crippen molar-refractivity contribution < 1.29 is 23.4 Å². The Kier molecular flexibility index (Phi) is 8.88. The molecule has 2 aromatic carbocycles. The van der Waals surface area contributed by atoms with Crippen LogP contribution in [0.3, 0.4) is 0 Å². The molecule has 3 N–H and O–H groups in total. The van der Waals surface area contributed by atoms with Crippen LogP contribution >= 0.6 is 11.6 Å². The number of benzene rings is 2. The summed E-state index contributed by atoms with van der Waals surface area (Å²) in [7, 11) is 0. The first-order valence-electron chi connectivity index (χ1n) is 12.4. The first kappa shape index (κ1) is 28.1. The Labute approximate surface area is 229 Å². The van der Waals surface area contributed by atoms with E-state index in [0.717, 1.165) is 19.0 Å². The number of amides is 1. The Morgan fingerprint density at radius 1 is 1.10 bits per heavy atom. The van der Waals surface area contributed by atoms with Gasteiger partial charge in [0.15, 0.2) is 0 Å². The first-order valence-corrected chi connectivity index (χ1v) is 12.7. The number of rotatable bonds is 11. The van der Waals surface area contributed by atoms with Crippen LogP contribution in [0.25, 0.3) is 11.1 Å². The van der Waals surface area contributed by atoms with E-state index in [1.807, 2.05) is 0 Å². The van der Waals surface area contributed by atoms with Gasteiger partial charge >= 0.3 is 0 Å². The molecule has 0 atom stereocenters. The highest BCUT2D eigenvalue weighted by Gasteiger charge is 2.18. The van der Waals surface area contributed by atoms with E-state index in [9.17, 15) is 18.7 Å². The van der Waals surface area contributed by atoms with Crippen molar-refractivity contribution in [3.63, 3.8) is 0 Å². The minimum atomic E-state index is -0.726. The quantitative estimate of drug-likeness (QED) is 0.197. The number of aromatic nitrogens is 4. The monoisotopic (exact) mass is 555 g/mol. The lowest BCUT2D eigenvalue weighted by atomic mass is 10.0. The summed E-state index contributed by atoms with van der Waals surface area (Å²) in [5.41, 5.74) is 0.165. The molecule has 8 nitrogen and oxygen atoms in total. The van der Waals surface area contributed by atoms with E-state index in [0.29, 0.717) is 40.8 Å². The van der Waals surface area contributed by atoms with Crippen molar-refractivity contribution in [1.82, 2.24) is 20.2 Å². The number of pyridine rings is 1. The summed E-state index contributed by atoms with van der Waals surface area (Å²) in [4.78, 5) is 20.8. The van der Waals surface area contributed by atoms with Crippen LogP contribution < -0.4 is 10.1 Å². The van der Waals surface area contributed by atoms with Crippen LogP contribution in [0.1, 0.15) is 55.1 Å². The fraction of sp³-hybridized carbons (Fsp3) is 0.286. The van der Waals surface area contributed by atoms with Crippen LogP contribution in [0.5, 0.6) is 5.75 Å². The number of nitrogens with zero attached hydrogens (tertiary/aromatic N) is 3. The van der Waals surface area contributed by atoms with E-state index in [-0.39, 0.29) is 29.4 Å². The van der Waals surface area contributed by atoms with E-state index >= 15 is 0 Å². The Morgan fingerprint density at radius 2 is 1.90 bits per heavy atom. The second-order valence-corrected chi connectivity index (χ2v) is 10.0. The molecule has 1 amide bonds. The number of nitrogens with one attached hydrogen (secondary N) is 2. The molecule has 0 aliphatic rings. The number of hydrogen-bond acceptors (Lipinski definition) is 6. The van der Waals surface area contributed by atoms with Gasteiger partial charge in [0, 0.05) is 22.6 Å².